The van der Waals surface area contributed by atoms with E-state index < -0.39 is 38.6 Å². The number of allylic oxidation sites excluding steroid dienone is 7. The Labute approximate surface area is 293 Å². The zero-order valence-corrected chi connectivity index (χ0v) is 31.2. The van der Waals surface area contributed by atoms with Crippen LogP contribution in [0.1, 0.15) is 149 Å². The third-order valence-corrected chi connectivity index (χ3v) is 8.90. The number of phosphoric acid groups is 1. The van der Waals surface area contributed by atoms with E-state index >= 15 is 0 Å². The number of hydrogen-bond acceptors (Lipinski definition) is 7. The first kappa shape index (κ1) is 46.4. The first-order chi connectivity index (χ1) is 23.3. The molecule has 0 rings (SSSR count). The molecule has 0 aromatic heterocycles. The number of hydrogen-bond donors (Lipinski definition) is 5. The van der Waals surface area contributed by atoms with Gasteiger partial charge in [0, 0.05) is 6.54 Å². The largest absolute Gasteiger partial charge is 0.472 e. The van der Waals surface area contributed by atoms with Crippen LogP contribution in [0, 0.1) is 0 Å². The summed E-state index contributed by atoms with van der Waals surface area (Å²) in [7, 11) is -4.40. The van der Waals surface area contributed by atoms with Gasteiger partial charge in [0.25, 0.3) is 0 Å². The smallest absolute Gasteiger partial charge is 0.393 e. The maximum absolute atomic E-state index is 12.7. The Morgan fingerprint density at radius 3 is 1.83 bits per heavy atom. The lowest BCUT2D eigenvalue weighted by Gasteiger charge is -2.24. The van der Waals surface area contributed by atoms with Crippen LogP contribution in [0.5, 0.6) is 0 Å². The monoisotopic (exact) mass is 698 g/mol. The van der Waals surface area contributed by atoms with Gasteiger partial charge in [0.05, 0.1) is 37.9 Å². The molecular formula is C38H71N2O7P. The van der Waals surface area contributed by atoms with Crippen LogP contribution in [0.4, 0.5) is 0 Å². The molecule has 48 heavy (non-hydrogen) atoms. The highest BCUT2D eigenvalue weighted by Crippen LogP contribution is 2.43. The first-order valence-electron chi connectivity index (χ1n) is 18.8. The lowest BCUT2D eigenvalue weighted by molar-refractivity contribution is -0.124. The minimum atomic E-state index is -4.40. The van der Waals surface area contributed by atoms with Gasteiger partial charge in [-0.05, 0) is 64.2 Å². The van der Waals surface area contributed by atoms with E-state index in [-0.39, 0.29) is 19.6 Å². The van der Waals surface area contributed by atoms with E-state index in [0.29, 0.717) is 12.8 Å². The lowest BCUT2D eigenvalue weighted by atomic mass is 10.0. The Balaban J connectivity index is 4.43. The molecule has 0 fully saturated rings. The van der Waals surface area contributed by atoms with Gasteiger partial charge in [0.2, 0.25) is 5.91 Å². The number of aliphatic hydroxyl groups is 2. The fourth-order valence-electron chi connectivity index (χ4n) is 5.09. The Morgan fingerprint density at radius 2 is 1.25 bits per heavy atom. The summed E-state index contributed by atoms with van der Waals surface area (Å²) in [5, 5.41) is 23.8. The number of amides is 1. The van der Waals surface area contributed by atoms with Crippen LogP contribution in [0.15, 0.2) is 48.6 Å². The van der Waals surface area contributed by atoms with Crippen LogP contribution in [-0.4, -0.2) is 59.0 Å². The Hall–Kier alpha value is -1.58. The maximum atomic E-state index is 12.7. The van der Waals surface area contributed by atoms with Crippen LogP contribution in [-0.2, 0) is 18.4 Å². The molecule has 10 heteroatoms. The van der Waals surface area contributed by atoms with Crippen molar-refractivity contribution in [2.24, 2.45) is 5.73 Å². The number of rotatable bonds is 34. The maximum Gasteiger partial charge on any atom is 0.472 e. The summed E-state index contributed by atoms with van der Waals surface area (Å²) in [5.41, 5.74) is 5.33. The molecule has 0 aromatic rings. The number of nitrogens with one attached hydrogen (secondary N) is 1. The van der Waals surface area contributed by atoms with Crippen LogP contribution >= 0.6 is 7.82 Å². The van der Waals surface area contributed by atoms with E-state index in [2.05, 4.69) is 55.6 Å². The minimum absolute atomic E-state index is 0.0390. The van der Waals surface area contributed by atoms with Crippen LogP contribution in [0.3, 0.4) is 0 Å². The van der Waals surface area contributed by atoms with Crippen molar-refractivity contribution in [3.8, 4) is 0 Å². The number of aliphatic hydroxyl groups excluding tert-OH is 2. The van der Waals surface area contributed by atoms with Gasteiger partial charge in [-0.25, -0.2) is 4.57 Å². The zero-order chi connectivity index (χ0) is 35.6. The normalized spacial score (nSPS) is 15.5. The van der Waals surface area contributed by atoms with E-state index in [1.54, 1.807) is 6.08 Å². The highest BCUT2D eigenvalue weighted by atomic mass is 31.2. The van der Waals surface area contributed by atoms with Crippen molar-refractivity contribution >= 4 is 13.7 Å². The van der Waals surface area contributed by atoms with Crippen molar-refractivity contribution in [2.75, 3.05) is 19.8 Å². The quantitative estimate of drug-likeness (QED) is 0.0254. The van der Waals surface area contributed by atoms with Crippen molar-refractivity contribution in [3.05, 3.63) is 48.6 Å². The second-order valence-electron chi connectivity index (χ2n) is 12.6. The van der Waals surface area contributed by atoms with E-state index in [0.717, 1.165) is 57.8 Å². The molecule has 0 saturated heterocycles. The molecule has 4 atom stereocenters. The molecule has 1 amide bonds. The molecule has 0 aliphatic heterocycles. The van der Waals surface area contributed by atoms with Gasteiger partial charge in [-0.3, -0.25) is 13.8 Å². The van der Waals surface area contributed by atoms with Gasteiger partial charge in [0.1, 0.15) is 0 Å². The fraction of sp³-hybridized carbons (Fsp3) is 0.763. The predicted molar refractivity (Wildman–Crippen MR) is 200 cm³/mol. The molecule has 0 aliphatic rings. The summed E-state index contributed by atoms with van der Waals surface area (Å²) in [5.74, 6) is -0.473. The summed E-state index contributed by atoms with van der Waals surface area (Å²) < 4.78 is 21.9. The Bertz CT molecular complexity index is 909. The second-order valence-corrected chi connectivity index (χ2v) is 14.0. The predicted octanol–water partition coefficient (Wildman–Crippen LogP) is 8.74. The van der Waals surface area contributed by atoms with Gasteiger partial charge in [-0.2, -0.15) is 0 Å². The van der Waals surface area contributed by atoms with Crippen molar-refractivity contribution < 1.29 is 33.5 Å². The van der Waals surface area contributed by atoms with E-state index in [1.165, 1.54) is 63.9 Å². The summed E-state index contributed by atoms with van der Waals surface area (Å²) in [6.07, 6.45) is 36.4. The molecule has 280 valence electrons. The first-order valence-corrected chi connectivity index (χ1v) is 20.3. The van der Waals surface area contributed by atoms with Crippen molar-refractivity contribution in [1.82, 2.24) is 5.32 Å². The Morgan fingerprint density at radius 1 is 0.729 bits per heavy atom. The molecule has 6 N–H and O–H groups in total. The molecule has 0 spiro atoms. The average molecular weight is 699 g/mol. The molecule has 0 aromatic carbocycles. The van der Waals surface area contributed by atoms with Crippen LogP contribution < -0.4 is 11.1 Å². The minimum Gasteiger partial charge on any atom is -0.393 e. The SMILES string of the molecule is CC/C=C/CC/C=C/CC/C=C/C(O)C(COP(=O)(O)OCCN)NC(=O)CC(O)CCCCC/C=C\CCCCCCCCCCC. The van der Waals surface area contributed by atoms with Crippen LogP contribution in [0.2, 0.25) is 0 Å². The number of carbonyl (C=O) groups is 1. The lowest BCUT2D eigenvalue weighted by Crippen LogP contribution is -2.46. The third-order valence-electron chi connectivity index (χ3n) is 7.92. The summed E-state index contributed by atoms with van der Waals surface area (Å²) in [4.78, 5) is 22.6. The molecule has 4 unspecified atom stereocenters. The van der Waals surface area contributed by atoms with Crippen molar-refractivity contribution in [3.63, 3.8) is 0 Å². The van der Waals surface area contributed by atoms with Gasteiger partial charge >= 0.3 is 7.82 Å². The number of phosphoric ester groups is 1. The number of nitrogens with two attached hydrogens (primary N) is 1. The highest BCUT2D eigenvalue weighted by molar-refractivity contribution is 7.47. The third kappa shape index (κ3) is 31.7. The average Bonchev–Trinajstić information content (AvgIpc) is 3.06. The number of carbonyl (C=O) groups excluding carboxylic acids is 1. The molecule has 0 heterocycles. The van der Waals surface area contributed by atoms with E-state index in [9.17, 15) is 24.5 Å². The number of unbranched alkanes of at least 4 members (excludes halogenated alkanes) is 14. The zero-order valence-electron chi connectivity index (χ0n) is 30.3. The van der Waals surface area contributed by atoms with Crippen molar-refractivity contribution in [2.45, 2.75) is 167 Å². The van der Waals surface area contributed by atoms with Crippen molar-refractivity contribution in [1.29, 1.82) is 0 Å². The summed E-state index contributed by atoms with van der Waals surface area (Å²) >= 11 is 0. The van der Waals surface area contributed by atoms with Gasteiger partial charge in [-0.15, -0.1) is 0 Å². The fourth-order valence-corrected chi connectivity index (χ4v) is 5.85. The van der Waals surface area contributed by atoms with Crippen LogP contribution in [0.25, 0.3) is 0 Å². The molecule has 0 saturated carbocycles. The Kier molecular flexibility index (Phi) is 32.8. The molecule has 0 aliphatic carbocycles. The van der Waals surface area contributed by atoms with E-state index in [1.807, 2.05) is 0 Å². The molecular weight excluding hydrogens is 627 g/mol. The summed E-state index contributed by atoms with van der Waals surface area (Å²) in [6.45, 7) is 3.78. The van der Waals surface area contributed by atoms with Gasteiger partial charge in [0.15, 0.2) is 0 Å². The molecule has 0 bridgehead atoms. The highest BCUT2D eigenvalue weighted by Gasteiger charge is 2.27. The van der Waals surface area contributed by atoms with Gasteiger partial charge in [-0.1, -0.05) is 127 Å². The second kappa shape index (κ2) is 33.9. The van der Waals surface area contributed by atoms with Gasteiger partial charge < -0.3 is 26.2 Å². The topological polar surface area (TPSA) is 151 Å². The standard InChI is InChI=1S/C38H71N2O7P/c1-3-5-7-9-11-13-15-16-17-18-19-20-21-23-25-27-29-35(41)33-38(43)40-36(34-47-48(44,45)46-32-31-39)37(42)30-28-26-24-22-14-12-10-8-6-4-2/h6,8,14,19-20,22,28,30,35-37,41-42H,3-5,7,9-13,15-18,21,23-27,29,31-34,39H2,1-2H3,(H,40,43)(H,44,45)/b8-6+,20-19-,22-14+,30-28+. The van der Waals surface area contributed by atoms with E-state index in [4.69, 9.17) is 14.8 Å². The summed E-state index contributed by atoms with van der Waals surface area (Å²) in [6, 6.07) is -1.01. The molecule has 0 radical (unpaired) electrons. The molecule has 9 nitrogen and oxygen atoms in total.